The van der Waals surface area contributed by atoms with E-state index < -0.39 is 10.0 Å². The third-order valence-electron chi connectivity index (χ3n) is 2.97. The average Bonchev–Trinajstić information content (AvgIpc) is 2.29. The van der Waals surface area contributed by atoms with E-state index in [0.717, 1.165) is 18.1 Å². The van der Waals surface area contributed by atoms with E-state index in [1.165, 1.54) is 6.07 Å². The van der Waals surface area contributed by atoms with Crippen molar-refractivity contribution in [3.05, 3.63) is 18.2 Å². The lowest BCUT2D eigenvalue weighted by molar-refractivity contribution is 0.596. The molecule has 18 heavy (non-hydrogen) atoms. The van der Waals surface area contributed by atoms with Crippen LogP contribution in [0.2, 0.25) is 0 Å². The first-order valence-corrected chi connectivity index (χ1v) is 8.36. The summed E-state index contributed by atoms with van der Waals surface area (Å²) in [4.78, 5) is 2.19. The van der Waals surface area contributed by atoms with Crippen LogP contribution < -0.4 is 15.8 Å². The summed E-state index contributed by atoms with van der Waals surface area (Å²) in [6.07, 6.45) is 0. The van der Waals surface area contributed by atoms with Gasteiger partial charge in [0.15, 0.2) is 0 Å². The van der Waals surface area contributed by atoms with Gasteiger partial charge >= 0.3 is 0 Å². The number of benzene rings is 1. The monoisotopic (exact) mass is 287 g/mol. The molecule has 7 heteroatoms. The second-order valence-electron chi connectivity index (χ2n) is 4.39. The molecule has 0 bridgehead atoms. The molecule has 100 valence electrons. The summed E-state index contributed by atoms with van der Waals surface area (Å²) in [6, 6.07) is 5.16. The van der Waals surface area contributed by atoms with Crippen LogP contribution in [-0.4, -0.2) is 32.5 Å². The van der Waals surface area contributed by atoms with Crippen molar-refractivity contribution >= 4 is 33.2 Å². The highest BCUT2D eigenvalue weighted by atomic mass is 32.2. The molecule has 4 N–H and O–H groups in total. The smallest absolute Gasteiger partial charge is 0.240 e. The molecule has 1 fully saturated rings. The number of rotatable bonds is 2. The Kier molecular flexibility index (Phi) is 3.74. The molecular formula is C11H17N3O2S2. The van der Waals surface area contributed by atoms with Crippen LogP contribution in [0.25, 0.3) is 0 Å². The molecule has 0 spiro atoms. The SMILES string of the molecule is CC1CSCCN1c1ccc(N)cc1S(N)(=O)=O. The maximum Gasteiger partial charge on any atom is 0.240 e. The Balaban J connectivity index is 2.50. The van der Waals surface area contributed by atoms with Crippen LogP contribution in [-0.2, 0) is 10.0 Å². The van der Waals surface area contributed by atoms with Gasteiger partial charge in [0.05, 0.1) is 5.69 Å². The van der Waals surface area contributed by atoms with Crippen molar-refractivity contribution in [3.8, 4) is 0 Å². The van der Waals surface area contributed by atoms with Crippen molar-refractivity contribution in [3.63, 3.8) is 0 Å². The Labute approximate surface area is 112 Å². The molecule has 1 aromatic carbocycles. The van der Waals surface area contributed by atoms with Crippen LogP contribution in [0.15, 0.2) is 23.1 Å². The summed E-state index contributed by atoms with van der Waals surface area (Å²) >= 11 is 1.87. The van der Waals surface area contributed by atoms with Crippen LogP contribution >= 0.6 is 11.8 Å². The molecule has 1 aromatic rings. The van der Waals surface area contributed by atoms with Gasteiger partial charge in [0, 0.05) is 29.8 Å². The van der Waals surface area contributed by atoms with Crippen molar-refractivity contribution in [2.75, 3.05) is 28.7 Å². The molecule has 1 atom stereocenters. The fourth-order valence-electron chi connectivity index (χ4n) is 2.08. The van der Waals surface area contributed by atoms with Crippen LogP contribution in [0.3, 0.4) is 0 Å². The van der Waals surface area contributed by atoms with E-state index in [9.17, 15) is 8.42 Å². The normalized spacial score (nSPS) is 21.0. The zero-order chi connectivity index (χ0) is 13.3. The van der Waals surface area contributed by atoms with Gasteiger partial charge in [-0.2, -0.15) is 11.8 Å². The maximum absolute atomic E-state index is 11.6. The zero-order valence-corrected chi connectivity index (χ0v) is 11.8. The summed E-state index contributed by atoms with van der Waals surface area (Å²) in [5.41, 5.74) is 6.70. The Hall–Kier alpha value is -0.920. The Morgan fingerprint density at radius 1 is 1.44 bits per heavy atom. The molecule has 0 aliphatic carbocycles. The molecule has 0 amide bonds. The molecule has 1 saturated heterocycles. The van der Waals surface area contributed by atoms with Gasteiger partial charge in [-0.15, -0.1) is 0 Å². The second kappa shape index (κ2) is 4.99. The van der Waals surface area contributed by atoms with Gasteiger partial charge in [0.1, 0.15) is 4.90 Å². The van der Waals surface area contributed by atoms with Crippen LogP contribution in [0, 0.1) is 0 Å². The zero-order valence-electron chi connectivity index (χ0n) is 10.2. The first kappa shape index (κ1) is 13.5. The number of sulfonamides is 1. The van der Waals surface area contributed by atoms with E-state index >= 15 is 0 Å². The maximum atomic E-state index is 11.6. The minimum Gasteiger partial charge on any atom is -0.399 e. The number of thioether (sulfide) groups is 1. The van der Waals surface area contributed by atoms with Gasteiger partial charge in [-0.05, 0) is 25.1 Å². The Bertz CT molecular complexity index is 545. The Morgan fingerprint density at radius 3 is 2.78 bits per heavy atom. The van der Waals surface area contributed by atoms with Gasteiger partial charge in [-0.3, -0.25) is 0 Å². The van der Waals surface area contributed by atoms with Crippen molar-refractivity contribution < 1.29 is 8.42 Å². The number of nitrogens with zero attached hydrogens (tertiary/aromatic N) is 1. The highest BCUT2D eigenvalue weighted by molar-refractivity contribution is 7.99. The topological polar surface area (TPSA) is 89.4 Å². The molecule has 0 radical (unpaired) electrons. The minimum atomic E-state index is -3.76. The average molecular weight is 287 g/mol. The molecule has 0 saturated carbocycles. The summed E-state index contributed by atoms with van der Waals surface area (Å²) in [7, 11) is -3.76. The number of nitrogens with two attached hydrogens (primary N) is 2. The standard InChI is InChI=1S/C11H17N3O2S2/c1-8-7-17-5-4-14(8)10-3-2-9(12)6-11(10)18(13,15)16/h2-3,6,8H,4-5,7,12H2,1H3,(H2,13,15,16). The largest absolute Gasteiger partial charge is 0.399 e. The van der Waals surface area contributed by atoms with Crippen molar-refractivity contribution in [2.45, 2.75) is 17.9 Å². The lowest BCUT2D eigenvalue weighted by atomic mass is 10.2. The number of primary sulfonamides is 1. The fourth-order valence-corrected chi connectivity index (χ4v) is 3.87. The quantitative estimate of drug-likeness (QED) is 0.787. The molecule has 1 aliphatic rings. The van der Waals surface area contributed by atoms with E-state index in [1.54, 1.807) is 12.1 Å². The van der Waals surface area contributed by atoms with Gasteiger partial charge in [-0.1, -0.05) is 0 Å². The van der Waals surface area contributed by atoms with E-state index in [4.69, 9.17) is 10.9 Å². The summed E-state index contributed by atoms with van der Waals surface area (Å²) in [6.45, 7) is 2.90. The summed E-state index contributed by atoms with van der Waals surface area (Å²) in [5.74, 6) is 1.97. The predicted octanol–water partition coefficient (Wildman–Crippen LogP) is 0.858. The third kappa shape index (κ3) is 2.73. The second-order valence-corrected chi connectivity index (χ2v) is 7.07. The predicted molar refractivity (Wildman–Crippen MR) is 76.4 cm³/mol. The van der Waals surface area contributed by atoms with Crippen molar-refractivity contribution in [2.24, 2.45) is 5.14 Å². The first-order valence-electron chi connectivity index (χ1n) is 5.66. The number of hydrogen-bond acceptors (Lipinski definition) is 5. The van der Waals surface area contributed by atoms with Crippen LogP contribution in [0.5, 0.6) is 0 Å². The van der Waals surface area contributed by atoms with Crippen molar-refractivity contribution in [1.82, 2.24) is 0 Å². The highest BCUT2D eigenvalue weighted by Crippen LogP contribution is 2.30. The number of nitrogen functional groups attached to an aromatic ring is 1. The van der Waals surface area contributed by atoms with Crippen LogP contribution in [0.1, 0.15) is 6.92 Å². The van der Waals surface area contributed by atoms with E-state index in [0.29, 0.717) is 11.4 Å². The highest BCUT2D eigenvalue weighted by Gasteiger charge is 2.24. The van der Waals surface area contributed by atoms with Gasteiger partial charge in [-0.25, -0.2) is 13.6 Å². The van der Waals surface area contributed by atoms with E-state index in [-0.39, 0.29) is 10.9 Å². The molecular weight excluding hydrogens is 270 g/mol. The molecule has 1 aliphatic heterocycles. The lowest BCUT2D eigenvalue weighted by Crippen LogP contribution is -2.41. The minimum absolute atomic E-state index is 0.112. The molecule has 1 unspecified atom stereocenters. The van der Waals surface area contributed by atoms with E-state index in [1.807, 2.05) is 11.8 Å². The molecule has 5 nitrogen and oxygen atoms in total. The number of anilines is 2. The fraction of sp³-hybridized carbons (Fsp3) is 0.455. The van der Waals surface area contributed by atoms with Gasteiger partial charge < -0.3 is 10.6 Å². The summed E-state index contributed by atoms with van der Waals surface area (Å²) < 4.78 is 23.3. The van der Waals surface area contributed by atoms with Crippen LogP contribution in [0.4, 0.5) is 11.4 Å². The first-order chi connectivity index (χ1) is 8.39. The molecule has 1 heterocycles. The van der Waals surface area contributed by atoms with E-state index in [2.05, 4.69) is 11.8 Å². The molecule has 0 aromatic heterocycles. The van der Waals surface area contributed by atoms with Gasteiger partial charge in [0.2, 0.25) is 10.0 Å². The number of hydrogen-bond donors (Lipinski definition) is 2. The molecule has 2 rings (SSSR count). The Morgan fingerprint density at radius 2 is 2.17 bits per heavy atom. The van der Waals surface area contributed by atoms with Gasteiger partial charge in [0.25, 0.3) is 0 Å². The third-order valence-corrected chi connectivity index (χ3v) is 5.10. The van der Waals surface area contributed by atoms with Crippen molar-refractivity contribution in [1.29, 1.82) is 0 Å². The summed E-state index contributed by atoms with van der Waals surface area (Å²) in [5, 5.41) is 5.26. The lowest BCUT2D eigenvalue weighted by Gasteiger charge is -2.36.